The van der Waals surface area contributed by atoms with E-state index in [1.54, 1.807) is 38.1 Å². The van der Waals surface area contributed by atoms with Gasteiger partial charge in [0.05, 0.1) is 10.9 Å². The molecule has 1 aliphatic carbocycles. The summed E-state index contributed by atoms with van der Waals surface area (Å²) >= 11 is 0. The minimum absolute atomic E-state index is 0.0127. The molecule has 1 atom stereocenters. The number of nitriles is 1. The molecule has 1 saturated carbocycles. The minimum Gasteiger partial charge on any atom is -0.480 e. The monoisotopic (exact) mass is 559 g/mol. The zero-order valence-corrected chi connectivity index (χ0v) is 23.5. The molecule has 0 saturated heterocycles. The molecular weight excluding hydrogens is 526 g/mol. The van der Waals surface area contributed by atoms with Crippen LogP contribution in [-0.4, -0.2) is 37.5 Å². The van der Waals surface area contributed by atoms with Gasteiger partial charge in [0.1, 0.15) is 6.04 Å². The van der Waals surface area contributed by atoms with Crippen LogP contribution in [-0.2, 0) is 21.2 Å². The van der Waals surface area contributed by atoms with E-state index >= 15 is 0 Å². The number of nitrogens with zero attached hydrogens (tertiary/aromatic N) is 2. The summed E-state index contributed by atoms with van der Waals surface area (Å²) in [6.45, 7) is 5.29. The number of aliphatic imine (C=N–C) groups is 1. The van der Waals surface area contributed by atoms with Gasteiger partial charge in [0.15, 0.2) is 6.19 Å². The van der Waals surface area contributed by atoms with E-state index in [1.165, 1.54) is 0 Å². The van der Waals surface area contributed by atoms with Crippen molar-refractivity contribution in [2.24, 2.45) is 4.99 Å². The molecule has 3 aromatic rings. The van der Waals surface area contributed by atoms with E-state index in [1.807, 2.05) is 49.5 Å². The van der Waals surface area contributed by atoms with Crippen molar-refractivity contribution in [3.05, 3.63) is 82.9 Å². The van der Waals surface area contributed by atoms with Gasteiger partial charge in [-0.05, 0) is 86.4 Å². The van der Waals surface area contributed by atoms with Gasteiger partial charge in [-0.3, -0.25) is 10.1 Å². The van der Waals surface area contributed by atoms with Gasteiger partial charge in [0.2, 0.25) is 16.0 Å². The molecule has 208 valence electrons. The number of anilines is 1. The Morgan fingerprint density at radius 1 is 1.05 bits per heavy atom. The van der Waals surface area contributed by atoms with Crippen LogP contribution in [0.4, 0.5) is 5.69 Å². The Kier molecular flexibility index (Phi) is 8.87. The molecule has 0 bridgehead atoms. The highest BCUT2D eigenvalue weighted by molar-refractivity contribution is 7.89. The molecule has 1 fully saturated rings. The van der Waals surface area contributed by atoms with Gasteiger partial charge in [-0.1, -0.05) is 54.1 Å². The van der Waals surface area contributed by atoms with Crippen molar-refractivity contribution >= 4 is 27.6 Å². The zero-order valence-electron chi connectivity index (χ0n) is 22.7. The summed E-state index contributed by atoms with van der Waals surface area (Å²) in [5.41, 5.74) is 5.34. The molecule has 0 heterocycles. The van der Waals surface area contributed by atoms with Gasteiger partial charge in [-0.25, -0.2) is 13.4 Å². The Morgan fingerprint density at radius 2 is 1.73 bits per heavy atom. The second-order valence-corrected chi connectivity index (χ2v) is 11.8. The van der Waals surface area contributed by atoms with Crippen molar-refractivity contribution in [1.29, 1.82) is 5.26 Å². The van der Waals surface area contributed by atoms with Gasteiger partial charge in [0, 0.05) is 5.69 Å². The lowest BCUT2D eigenvalue weighted by Crippen LogP contribution is -2.42. The van der Waals surface area contributed by atoms with Gasteiger partial charge < -0.3 is 10.4 Å². The summed E-state index contributed by atoms with van der Waals surface area (Å²) in [6.07, 6.45) is 5.08. The fourth-order valence-electron chi connectivity index (χ4n) is 4.85. The van der Waals surface area contributed by atoms with E-state index in [4.69, 9.17) is 5.26 Å². The smallest absolute Gasteiger partial charge is 0.322 e. The van der Waals surface area contributed by atoms with Crippen molar-refractivity contribution in [3.8, 4) is 17.3 Å². The molecular formula is C30H33N5O4S. The van der Waals surface area contributed by atoms with Crippen LogP contribution in [0.25, 0.3) is 11.1 Å². The lowest BCUT2D eigenvalue weighted by Gasteiger charge is -2.22. The molecule has 0 amide bonds. The number of carboxylic acid groups (broad SMARTS) is 1. The quantitative estimate of drug-likeness (QED) is 0.129. The minimum atomic E-state index is -4.05. The van der Waals surface area contributed by atoms with Crippen molar-refractivity contribution in [1.82, 2.24) is 10.0 Å². The maximum absolute atomic E-state index is 13.1. The predicted octanol–water partition coefficient (Wildman–Crippen LogP) is 4.64. The first kappa shape index (κ1) is 28.8. The highest BCUT2D eigenvalue weighted by Gasteiger charge is 2.28. The van der Waals surface area contributed by atoms with Crippen LogP contribution in [0.1, 0.15) is 41.5 Å². The molecule has 0 aliphatic heterocycles. The average Bonchev–Trinajstić information content (AvgIpc) is 2.85. The Bertz CT molecular complexity index is 1550. The van der Waals surface area contributed by atoms with E-state index in [0.717, 1.165) is 41.6 Å². The number of hydrogen-bond donors (Lipinski definition) is 4. The first-order valence-electron chi connectivity index (χ1n) is 13.1. The average molecular weight is 560 g/mol. The van der Waals surface area contributed by atoms with Gasteiger partial charge in [-0.15, -0.1) is 0 Å². The first-order valence-corrected chi connectivity index (χ1v) is 14.6. The molecule has 1 unspecified atom stereocenters. The molecule has 10 heteroatoms. The molecule has 4 rings (SSSR count). The number of sulfonamides is 1. The van der Waals surface area contributed by atoms with Crippen molar-refractivity contribution in [2.45, 2.75) is 63.4 Å². The van der Waals surface area contributed by atoms with Crippen LogP contribution in [0, 0.1) is 32.2 Å². The van der Waals surface area contributed by atoms with Crippen LogP contribution in [0.5, 0.6) is 0 Å². The molecule has 4 N–H and O–H groups in total. The molecule has 1 aliphatic rings. The zero-order chi connectivity index (χ0) is 28.9. The number of benzene rings is 3. The molecule has 40 heavy (non-hydrogen) atoms. The number of guanidine groups is 1. The normalized spacial score (nSPS) is 14.6. The maximum atomic E-state index is 13.1. The molecule has 0 aromatic heterocycles. The number of rotatable bonds is 9. The number of carbonyl (C=O) groups is 1. The summed E-state index contributed by atoms with van der Waals surface area (Å²) in [5.74, 6) is -0.836. The highest BCUT2D eigenvalue weighted by atomic mass is 32.2. The largest absolute Gasteiger partial charge is 0.480 e. The third kappa shape index (κ3) is 7.05. The van der Waals surface area contributed by atoms with E-state index in [-0.39, 0.29) is 17.4 Å². The van der Waals surface area contributed by atoms with Crippen LogP contribution in [0.2, 0.25) is 0 Å². The second-order valence-electron chi connectivity index (χ2n) is 10.1. The Morgan fingerprint density at radius 3 is 2.30 bits per heavy atom. The Hall–Kier alpha value is -4.20. The standard InChI is InChI=1S/C30H33N5O4S/c1-19-14-20(2)28(21(3)15-19)40(38,39)35-27(29(36)37)16-22-10-12-23(13-11-22)24-6-4-9-26(17-24)34-30(32-18-31)33-25-7-5-8-25/h4,6,9-15,17,25,27,35H,5,7-8,16H2,1-3H3,(H,36,37)(H2,32,33,34). The van der Waals surface area contributed by atoms with Crippen molar-refractivity contribution < 1.29 is 18.3 Å². The Labute approximate surface area is 235 Å². The third-order valence-corrected chi connectivity index (χ3v) is 8.66. The van der Waals surface area contributed by atoms with Crippen LogP contribution >= 0.6 is 0 Å². The van der Waals surface area contributed by atoms with Crippen molar-refractivity contribution in [2.75, 3.05) is 5.32 Å². The Balaban J connectivity index is 1.48. The SMILES string of the molecule is Cc1cc(C)c(S(=O)(=O)NC(Cc2ccc(-c3cccc(NC(=NC4CCC4)NC#N)c3)cc2)C(=O)O)c(C)c1. The topological polar surface area (TPSA) is 144 Å². The number of hydrogen-bond acceptors (Lipinski definition) is 5. The first-order chi connectivity index (χ1) is 19.1. The van der Waals surface area contributed by atoms with Gasteiger partial charge in [0.25, 0.3) is 0 Å². The lowest BCUT2D eigenvalue weighted by atomic mass is 9.94. The lowest BCUT2D eigenvalue weighted by molar-refractivity contribution is -0.138. The van der Waals surface area contributed by atoms with E-state index in [0.29, 0.717) is 22.6 Å². The third-order valence-electron chi connectivity index (χ3n) is 6.88. The van der Waals surface area contributed by atoms with E-state index in [9.17, 15) is 18.3 Å². The fraction of sp³-hybridized carbons (Fsp3) is 0.300. The summed E-state index contributed by atoms with van der Waals surface area (Å²) in [5, 5.41) is 24.7. The van der Waals surface area contributed by atoms with Gasteiger partial charge >= 0.3 is 5.97 Å². The summed E-state index contributed by atoms with van der Waals surface area (Å²) in [6, 6.07) is 17.4. The summed E-state index contributed by atoms with van der Waals surface area (Å²) < 4.78 is 28.7. The molecule has 9 nitrogen and oxygen atoms in total. The summed E-state index contributed by atoms with van der Waals surface area (Å²) in [7, 11) is -4.05. The molecule has 0 spiro atoms. The number of aryl methyl sites for hydroxylation is 3. The summed E-state index contributed by atoms with van der Waals surface area (Å²) in [4.78, 5) is 16.7. The highest BCUT2D eigenvalue weighted by Crippen LogP contribution is 2.26. The number of nitrogens with one attached hydrogen (secondary N) is 3. The fourth-order valence-corrected chi connectivity index (χ4v) is 6.49. The van der Waals surface area contributed by atoms with Crippen molar-refractivity contribution in [3.63, 3.8) is 0 Å². The number of aliphatic carboxylic acids is 1. The van der Waals surface area contributed by atoms with Crippen LogP contribution in [0.15, 0.2) is 70.6 Å². The van der Waals surface area contributed by atoms with E-state index in [2.05, 4.69) is 20.3 Å². The van der Waals surface area contributed by atoms with E-state index < -0.39 is 22.0 Å². The molecule has 3 aromatic carbocycles. The predicted molar refractivity (Wildman–Crippen MR) is 155 cm³/mol. The number of carboxylic acids is 1. The van der Waals surface area contributed by atoms with Crippen LogP contribution in [0.3, 0.4) is 0 Å². The second kappa shape index (κ2) is 12.3. The molecule has 0 radical (unpaired) electrons. The maximum Gasteiger partial charge on any atom is 0.322 e. The van der Waals surface area contributed by atoms with Gasteiger partial charge in [-0.2, -0.15) is 9.98 Å². The van der Waals surface area contributed by atoms with Crippen LogP contribution < -0.4 is 15.4 Å².